The van der Waals surface area contributed by atoms with E-state index in [2.05, 4.69) is 61.2 Å². The van der Waals surface area contributed by atoms with Gasteiger partial charge >= 0.3 is 0 Å². The summed E-state index contributed by atoms with van der Waals surface area (Å²) < 4.78 is 0. The highest BCUT2D eigenvalue weighted by atomic mass is 32.1. The molecule has 0 bridgehead atoms. The van der Waals surface area contributed by atoms with Gasteiger partial charge in [-0.05, 0) is 54.4 Å². The summed E-state index contributed by atoms with van der Waals surface area (Å²) in [5.41, 5.74) is 8.03. The van der Waals surface area contributed by atoms with Crippen molar-refractivity contribution in [3.05, 3.63) is 35.4 Å². The Morgan fingerprint density at radius 1 is 1.12 bits per heavy atom. The van der Waals surface area contributed by atoms with Crippen LogP contribution in [0.25, 0.3) is 0 Å². The van der Waals surface area contributed by atoms with Gasteiger partial charge in [0.05, 0.1) is 0 Å². The van der Waals surface area contributed by atoms with Gasteiger partial charge in [0.2, 0.25) is 5.91 Å². The minimum Gasteiger partial charge on any atom is -0.358 e. The molecule has 0 saturated heterocycles. The first kappa shape index (κ1) is 19.7. The molecule has 1 aliphatic rings. The van der Waals surface area contributed by atoms with Crippen molar-refractivity contribution >= 4 is 23.2 Å². The predicted octanol–water partition coefficient (Wildman–Crippen LogP) is 3.50. The first-order chi connectivity index (χ1) is 12.0. The average molecular weight is 362 g/mol. The van der Waals surface area contributed by atoms with E-state index in [1.165, 1.54) is 24.0 Å². The van der Waals surface area contributed by atoms with Crippen LogP contribution >= 0.6 is 12.2 Å². The molecule has 0 aliphatic heterocycles. The van der Waals surface area contributed by atoms with E-state index < -0.39 is 0 Å². The van der Waals surface area contributed by atoms with Crippen LogP contribution in [0.5, 0.6) is 0 Å². The number of carbonyl (C=O) groups excluding carboxylic acids is 1. The summed E-state index contributed by atoms with van der Waals surface area (Å²) in [4.78, 5) is 12.0. The number of hydrogen-bond acceptors (Lipinski definition) is 2. The van der Waals surface area contributed by atoms with Crippen molar-refractivity contribution in [1.29, 1.82) is 0 Å². The Morgan fingerprint density at radius 3 is 2.48 bits per heavy atom. The van der Waals surface area contributed by atoms with E-state index in [4.69, 9.17) is 12.2 Å². The lowest BCUT2D eigenvalue weighted by Crippen LogP contribution is -2.52. The predicted molar refractivity (Wildman–Crippen MR) is 107 cm³/mol. The van der Waals surface area contributed by atoms with Crippen molar-refractivity contribution in [3.8, 4) is 0 Å². The summed E-state index contributed by atoms with van der Waals surface area (Å²) in [6.07, 6.45) is 5.86. The van der Waals surface area contributed by atoms with Crippen LogP contribution in [0, 0.1) is 11.8 Å². The lowest BCUT2D eigenvalue weighted by Gasteiger charge is -2.35. The molecule has 1 aromatic rings. The molecule has 25 heavy (non-hydrogen) atoms. The zero-order valence-electron chi connectivity index (χ0n) is 15.6. The van der Waals surface area contributed by atoms with Crippen LogP contribution < -0.4 is 16.2 Å². The third-order valence-corrected chi connectivity index (χ3v) is 5.63. The number of rotatable bonds is 5. The maximum absolute atomic E-state index is 12.0. The number of nitrogens with one attached hydrogen (secondary N) is 3. The topological polar surface area (TPSA) is 53.2 Å². The fourth-order valence-electron chi connectivity index (χ4n) is 3.38. The van der Waals surface area contributed by atoms with Gasteiger partial charge in [0.15, 0.2) is 5.11 Å². The Balaban J connectivity index is 1.67. The van der Waals surface area contributed by atoms with Crippen molar-refractivity contribution in [1.82, 2.24) is 16.2 Å². The van der Waals surface area contributed by atoms with Gasteiger partial charge in [-0.3, -0.25) is 15.6 Å². The molecule has 1 aliphatic carbocycles. The van der Waals surface area contributed by atoms with Crippen molar-refractivity contribution in [3.63, 3.8) is 0 Å². The highest BCUT2D eigenvalue weighted by Gasteiger charge is 2.27. The third-order valence-electron chi connectivity index (χ3n) is 5.41. The van der Waals surface area contributed by atoms with E-state index in [1.807, 2.05) is 0 Å². The molecule has 1 fully saturated rings. The molecule has 3 atom stereocenters. The normalized spacial score (nSPS) is 22.9. The summed E-state index contributed by atoms with van der Waals surface area (Å²) >= 11 is 5.31. The van der Waals surface area contributed by atoms with Gasteiger partial charge < -0.3 is 5.32 Å². The van der Waals surface area contributed by atoms with Crippen LogP contribution in [-0.4, -0.2) is 17.1 Å². The molecule has 3 N–H and O–H groups in total. The van der Waals surface area contributed by atoms with Crippen LogP contribution in [0.1, 0.15) is 57.6 Å². The zero-order chi connectivity index (χ0) is 18.2. The number of amides is 1. The Bertz CT molecular complexity index is 573. The number of hydrazine groups is 1. The van der Waals surface area contributed by atoms with Gasteiger partial charge in [-0.2, -0.15) is 0 Å². The monoisotopic (exact) mass is 361 g/mol. The summed E-state index contributed by atoms with van der Waals surface area (Å²) in [5, 5.41) is 3.85. The molecule has 0 heterocycles. The standard InChI is InChI=1S/C20H31N3OS/c1-4-16-8-10-17(11-9-16)12-13-19(24)22-23-20(25)21-18-7-5-6-14(2)15(18)3/h8-11,14-15,18H,4-7,12-13H2,1-3H3,(H,22,24)(H2,21,23,25)/t14-,15+,18-/m1/s1. The van der Waals surface area contributed by atoms with Gasteiger partial charge in [0.25, 0.3) is 0 Å². The Hall–Kier alpha value is -1.62. The highest BCUT2D eigenvalue weighted by Crippen LogP contribution is 2.29. The fourth-order valence-corrected chi connectivity index (χ4v) is 3.58. The molecule has 0 aromatic heterocycles. The van der Waals surface area contributed by atoms with E-state index in [1.54, 1.807) is 0 Å². The number of hydrogen-bond donors (Lipinski definition) is 3. The highest BCUT2D eigenvalue weighted by molar-refractivity contribution is 7.80. The molecule has 0 radical (unpaired) electrons. The van der Waals surface area contributed by atoms with E-state index in [-0.39, 0.29) is 5.91 Å². The van der Waals surface area contributed by atoms with Crippen LogP contribution in [0.4, 0.5) is 0 Å². The molecule has 5 heteroatoms. The molecular formula is C20H31N3OS. The largest absolute Gasteiger partial charge is 0.358 e. The van der Waals surface area contributed by atoms with Gasteiger partial charge in [0, 0.05) is 12.5 Å². The van der Waals surface area contributed by atoms with Gasteiger partial charge in [-0.15, -0.1) is 0 Å². The second-order valence-electron chi connectivity index (χ2n) is 7.19. The molecule has 1 amide bonds. The van der Waals surface area contributed by atoms with E-state index in [0.29, 0.717) is 29.4 Å². The Labute approximate surface area is 157 Å². The lowest BCUT2D eigenvalue weighted by atomic mass is 9.78. The van der Waals surface area contributed by atoms with Crippen molar-refractivity contribution in [2.75, 3.05) is 0 Å². The van der Waals surface area contributed by atoms with Gasteiger partial charge in [0.1, 0.15) is 0 Å². The maximum atomic E-state index is 12.0. The first-order valence-electron chi connectivity index (χ1n) is 9.42. The van der Waals surface area contributed by atoms with E-state index in [9.17, 15) is 4.79 Å². The van der Waals surface area contributed by atoms with Crippen LogP contribution in [0.2, 0.25) is 0 Å². The second kappa shape index (κ2) is 9.76. The smallest absolute Gasteiger partial charge is 0.238 e. The van der Waals surface area contributed by atoms with Crippen molar-refractivity contribution in [2.24, 2.45) is 11.8 Å². The van der Waals surface area contributed by atoms with Crippen LogP contribution in [-0.2, 0) is 17.6 Å². The van der Waals surface area contributed by atoms with Crippen LogP contribution in [0.15, 0.2) is 24.3 Å². The summed E-state index contributed by atoms with van der Waals surface area (Å²) in [6, 6.07) is 8.82. The van der Waals surface area contributed by atoms with Crippen molar-refractivity contribution in [2.45, 2.75) is 65.3 Å². The molecule has 2 rings (SSSR count). The number of aryl methyl sites for hydroxylation is 2. The SMILES string of the molecule is CCc1ccc(CCC(=O)NNC(=S)N[C@@H]2CCC[C@@H](C)[C@@H]2C)cc1. The molecule has 4 nitrogen and oxygen atoms in total. The Morgan fingerprint density at radius 2 is 1.80 bits per heavy atom. The number of benzene rings is 1. The maximum Gasteiger partial charge on any atom is 0.238 e. The van der Waals surface area contributed by atoms with Gasteiger partial charge in [-0.25, -0.2) is 0 Å². The molecule has 0 spiro atoms. The minimum atomic E-state index is -0.0474. The quantitative estimate of drug-likeness (QED) is 0.555. The average Bonchev–Trinajstić information content (AvgIpc) is 2.62. The molecule has 0 unspecified atom stereocenters. The molecule has 138 valence electrons. The van der Waals surface area contributed by atoms with Crippen LogP contribution in [0.3, 0.4) is 0 Å². The summed E-state index contributed by atoms with van der Waals surface area (Å²) in [6.45, 7) is 6.70. The van der Waals surface area contributed by atoms with E-state index in [0.717, 1.165) is 19.3 Å². The molecular weight excluding hydrogens is 330 g/mol. The third kappa shape index (κ3) is 6.31. The number of thiocarbonyl (C=S) groups is 1. The van der Waals surface area contributed by atoms with Gasteiger partial charge in [-0.1, -0.05) is 57.9 Å². The minimum absolute atomic E-state index is 0.0474. The summed E-state index contributed by atoms with van der Waals surface area (Å²) in [7, 11) is 0. The molecule has 1 aromatic carbocycles. The zero-order valence-corrected chi connectivity index (χ0v) is 16.4. The van der Waals surface area contributed by atoms with Crippen molar-refractivity contribution < 1.29 is 4.79 Å². The molecule has 1 saturated carbocycles. The summed E-state index contributed by atoms with van der Waals surface area (Å²) in [5.74, 6) is 1.26. The fraction of sp³-hybridized carbons (Fsp3) is 0.600. The first-order valence-corrected chi connectivity index (χ1v) is 9.83. The Kier molecular flexibility index (Phi) is 7.69. The van der Waals surface area contributed by atoms with E-state index >= 15 is 0 Å². The lowest BCUT2D eigenvalue weighted by molar-refractivity contribution is -0.121. The second-order valence-corrected chi connectivity index (χ2v) is 7.60. The number of carbonyl (C=O) groups is 1.